The lowest BCUT2D eigenvalue weighted by atomic mass is 10.1. The van der Waals surface area contributed by atoms with Crippen LogP contribution in [0.15, 0.2) is 42.6 Å². The van der Waals surface area contributed by atoms with Gasteiger partial charge >= 0.3 is 0 Å². The normalized spacial score (nSPS) is 14.3. The number of methoxy groups -OCH3 is 1. The number of nitrogens with zero attached hydrogens (tertiary/aromatic N) is 2. The monoisotopic (exact) mass is 339 g/mol. The SMILES string of the molecule is COc1cc(CNC(=O)c2ccc(N3CCCCC3=O)cc2)ccn1. The Morgan fingerprint density at radius 3 is 2.76 bits per heavy atom. The predicted molar refractivity (Wildman–Crippen MR) is 94.6 cm³/mol. The number of rotatable bonds is 5. The maximum absolute atomic E-state index is 12.3. The molecule has 2 amide bonds. The smallest absolute Gasteiger partial charge is 0.251 e. The average molecular weight is 339 g/mol. The van der Waals surface area contributed by atoms with Gasteiger partial charge in [-0.15, -0.1) is 0 Å². The first-order chi connectivity index (χ1) is 12.2. The summed E-state index contributed by atoms with van der Waals surface area (Å²) in [6, 6.07) is 10.8. The minimum atomic E-state index is -0.160. The van der Waals surface area contributed by atoms with Gasteiger partial charge in [0.05, 0.1) is 7.11 Å². The largest absolute Gasteiger partial charge is 0.481 e. The van der Waals surface area contributed by atoms with Crippen LogP contribution in [0.3, 0.4) is 0 Å². The van der Waals surface area contributed by atoms with Crippen LogP contribution < -0.4 is 15.0 Å². The second-order valence-electron chi connectivity index (χ2n) is 5.94. The zero-order chi connectivity index (χ0) is 17.6. The molecular weight excluding hydrogens is 318 g/mol. The van der Waals surface area contributed by atoms with Crippen molar-refractivity contribution >= 4 is 17.5 Å². The van der Waals surface area contributed by atoms with E-state index in [1.54, 1.807) is 36.4 Å². The van der Waals surface area contributed by atoms with E-state index in [2.05, 4.69) is 10.3 Å². The van der Waals surface area contributed by atoms with Crippen LogP contribution in [0.2, 0.25) is 0 Å². The molecule has 130 valence electrons. The van der Waals surface area contributed by atoms with Crippen molar-refractivity contribution in [2.24, 2.45) is 0 Å². The molecule has 0 radical (unpaired) electrons. The summed E-state index contributed by atoms with van der Waals surface area (Å²) in [5.41, 5.74) is 2.32. The van der Waals surface area contributed by atoms with Crippen LogP contribution in [0, 0.1) is 0 Å². The number of pyridine rings is 1. The fraction of sp³-hybridized carbons (Fsp3) is 0.316. The van der Waals surface area contributed by atoms with E-state index in [1.807, 2.05) is 18.2 Å². The molecule has 1 aliphatic rings. The molecule has 0 spiro atoms. The lowest BCUT2D eigenvalue weighted by Gasteiger charge is -2.26. The molecule has 0 saturated carbocycles. The molecule has 25 heavy (non-hydrogen) atoms. The lowest BCUT2D eigenvalue weighted by Crippen LogP contribution is -2.35. The second-order valence-corrected chi connectivity index (χ2v) is 5.94. The van der Waals surface area contributed by atoms with E-state index >= 15 is 0 Å². The summed E-state index contributed by atoms with van der Waals surface area (Å²) < 4.78 is 5.07. The highest BCUT2D eigenvalue weighted by Crippen LogP contribution is 2.21. The van der Waals surface area contributed by atoms with Gasteiger partial charge in [-0.2, -0.15) is 0 Å². The van der Waals surface area contributed by atoms with Crippen LogP contribution in [-0.4, -0.2) is 30.5 Å². The number of aromatic nitrogens is 1. The van der Waals surface area contributed by atoms with Gasteiger partial charge in [-0.05, 0) is 48.7 Å². The van der Waals surface area contributed by atoms with E-state index in [0.717, 1.165) is 30.6 Å². The van der Waals surface area contributed by atoms with Crippen molar-refractivity contribution < 1.29 is 14.3 Å². The zero-order valence-electron chi connectivity index (χ0n) is 14.2. The number of hydrogen-bond acceptors (Lipinski definition) is 4. The van der Waals surface area contributed by atoms with Gasteiger partial charge in [-0.3, -0.25) is 9.59 Å². The van der Waals surface area contributed by atoms with Gasteiger partial charge in [0.25, 0.3) is 5.91 Å². The Labute approximate surface area is 146 Å². The molecule has 6 heteroatoms. The summed E-state index contributed by atoms with van der Waals surface area (Å²) in [6.45, 7) is 1.14. The van der Waals surface area contributed by atoms with E-state index in [9.17, 15) is 9.59 Å². The predicted octanol–water partition coefficient (Wildman–Crippen LogP) is 2.54. The maximum atomic E-state index is 12.3. The van der Waals surface area contributed by atoms with Crippen molar-refractivity contribution in [2.75, 3.05) is 18.6 Å². The summed E-state index contributed by atoms with van der Waals surface area (Å²) in [5, 5.41) is 2.87. The summed E-state index contributed by atoms with van der Waals surface area (Å²) in [7, 11) is 1.55. The Kier molecular flexibility index (Phi) is 5.28. The molecule has 0 aliphatic carbocycles. The number of carbonyl (C=O) groups is 2. The number of ether oxygens (including phenoxy) is 1. The highest BCUT2D eigenvalue weighted by atomic mass is 16.5. The van der Waals surface area contributed by atoms with Gasteiger partial charge in [0.1, 0.15) is 0 Å². The summed E-state index contributed by atoms with van der Waals surface area (Å²) >= 11 is 0. The highest BCUT2D eigenvalue weighted by molar-refractivity contribution is 5.96. The van der Waals surface area contributed by atoms with Gasteiger partial charge < -0.3 is 15.0 Å². The van der Waals surface area contributed by atoms with Gasteiger partial charge in [-0.25, -0.2) is 4.98 Å². The molecule has 1 aromatic carbocycles. The van der Waals surface area contributed by atoms with Gasteiger partial charge in [0.15, 0.2) is 0 Å². The van der Waals surface area contributed by atoms with Crippen molar-refractivity contribution in [3.63, 3.8) is 0 Å². The molecule has 1 aromatic heterocycles. The van der Waals surface area contributed by atoms with Crippen LogP contribution in [0.5, 0.6) is 5.88 Å². The molecule has 0 bridgehead atoms. The second kappa shape index (κ2) is 7.79. The molecule has 0 unspecified atom stereocenters. The quantitative estimate of drug-likeness (QED) is 0.909. The van der Waals surface area contributed by atoms with Crippen molar-refractivity contribution in [1.29, 1.82) is 0 Å². The standard InChI is InChI=1S/C19H21N3O3/c1-25-17-12-14(9-10-20-17)13-21-19(24)15-5-7-16(8-6-15)22-11-3-2-4-18(22)23/h5-10,12H,2-4,11,13H2,1H3,(H,21,24). The van der Waals surface area contributed by atoms with Crippen molar-refractivity contribution in [2.45, 2.75) is 25.8 Å². The molecular formula is C19H21N3O3. The number of nitrogens with one attached hydrogen (secondary N) is 1. The fourth-order valence-electron chi connectivity index (χ4n) is 2.83. The Bertz CT molecular complexity index is 759. The molecule has 3 rings (SSSR count). The third-order valence-electron chi connectivity index (χ3n) is 4.23. The fourth-order valence-corrected chi connectivity index (χ4v) is 2.83. The van der Waals surface area contributed by atoms with Crippen LogP contribution in [0.4, 0.5) is 5.69 Å². The summed E-state index contributed by atoms with van der Waals surface area (Å²) in [5.74, 6) is 0.504. The first kappa shape index (κ1) is 17.0. The number of anilines is 1. The van der Waals surface area contributed by atoms with E-state index in [-0.39, 0.29) is 11.8 Å². The van der Waals surface area contributed by atoms with E-state index in [0.29, 0.717) is 24.4 Å². The van der Waals surface area contributed by atoms with Crippen molar-refractivity contribution in [1.82, 2.24) is 10.3 Å². The van der Waals surface area contributed by atoms with E-state index < -0.39 is 0 Å². The molecule has 2 aromatic rings. The van der Waals surface area contributed by atoms with Crippen molar-refractivity contribution in [3.8, 4) is 5.88 Å². The summed E-state index contributed by atoms with van der Waals surface area (Å²) in [4.78, 5) is 30.1. The Hall–Kier alpha value is -2.89. The van der Waals surface area contributed by atoms with Crippen LogP contribution in [-0.2, 0) is 11.3 Å². The van der Waals surface area contributed by atoms with E-state index in [1.165, 1.54) is 0 Å². The Morgan fingerprint density at radius 1 is 1.24 bits per heavy atom. The van der Waals surface area contributed by atoms with Crippen LogP contribution in [0.1, 0.15) is 35.2 Å². The van der Waals surface area contributed by atoms with Crippen LogP contribution >= 0.6 is 0 Å². The van der Waals surface area contributed by atoms with Crippen LogP contribution in [0.25, 0.3) is 0 Å². The number of piperidine rings is 1. The first-order valence-electron chi connectivity index (χ1n) is 8.35. The molecule has 2 heterocycles. The Morgan fingerprint density at radius 2 is 2.04 bits per heavy atom. The molecule has 1 saturated heterocycles. The topological polar surface area (TPSA) is 71.5 Å². The molecule has 1 fully saturated rings. The lowest BCUT2D eigenvalue weighted by molar-refractivity contribution is -0.119. The molecule has 1 N–H and O–H groups in total. The van der Waals surface area contributed by atoms with Gasteiger partial charge in [-0.1, -0.05) is 0 Å². The van der Waals surface area contributed by atoms with Gasteiger partial charge in [0.2, 0.25) is 11.8 Å². The number of carbonyl (C=O) groups excluding carboxylic acids is 2. The first-order valence-corrected chi connectivity index (χ1v) is 8.35. The zero-order valence-corrected chi connectivity index (χ0v) is 14.2. The third kappa shape index (κ3) is 4.15. The third-order valence-corrected chi connectivity index (χ3v) is 4.23. The van der Waals surface area contributed by atoms with Gasteiger partial charge in [0, 0.05) is 43.0 Å². The minimum absolute atomic E-state index is 0.148. The maximum Gasteiger partial charge on any atom is 0.251 e. The molecule has 1 aliphatic heterocycles. The number of amides is 2. The number of benzene rings is 1. The Balaban J connectivity index is 1.61. The molecule has 0 atom stereocenters. The van der Waals surface area contributed by atoms with Crippen molar-refractivity contribution in [3.05, 3.63) is 53.7 Å². The average Bonchev–Trinajstić information content (AvgIpc) is 2.67. The number of hydrogen-bond donors (Lipinski definition) is 1. The van der Waals surface area contributed by atoms with E-state index in [4.69, 9.17) is 4.74 Å². The summed E-state index contributed by atoms with van der Waals surface area (Å²) in [6.07, 6.45) is 4.21. The molecule has 6 nitrogen and oxygen atoms in total. The minimum Gasteiger partial charge on any atom is -0.481 e. The highest BCUT2D eigenvalue weighted by Gasteiger charge is 2.19.